The Labute approximate surface area is 83.9 Å². The molecule has 0 aromatic carbocycles. The van der Waals surface area contributed by atoms with Gasteiger partial charge in [0.05, 0.1) is 5.69 Å². The van der Waals surface area contributed by atoms with E-state index in [4.69, 9.17) is 0 Å². The van der Waals surface area contributed by atoms with Gasteiger partial charge < -0.3 is 10.4 Å². The molecule has 0 saturated carbocycles. The highest BCUT2D eigenvalue weighted by molar-refractivity contribution is 5.11. The number of nitrogens with one attached hydrogen (secondary N) is 1. The SMILES string of the molecule is CCn1ccc(C2CNCC2CO)n1. The Morgan fingerprint density at radius 1 is 1.64 bits per heavy atom. The third-order valence-corrected chi connectivity index (χ3v) is 2.94. The minimum atomic E-state index is 0.247. The average Bonchev–Trinajstić information content (AvgIpc) is 2.85. The predicted octanol–water partition coefficient (Wildman–Crippen LogP) is 0.198. The molecule has 4 heteroatoms. The number of hydrogen-bond acceptors (Lipinski definition) is 3. The molecule has 2 unspecified atom stereocenters. The van der Waals surface area contributed by atoms with Gasteiger partial charge in [-0.05, 0) is 13.0 Å². The van der Waals surface area contributed by atoms with Crippen LogP contribution >= 0.6 is 0 Å². The summed E-state index contributed by atoms with van der Waals surface area (Å²) in [6.07, 6.45) is 2.00. The van der Waals surface area contributed by atoms with Crippen LogP contribution in [0, 0.1) is 5.92 Å². The first-order valence-electron chi connectivity index (χ1n) is 5.20. The lowest BCUT2D eigenvalue weighted by Crippen LogP contribution is -2.15. The van der Waals surface area contributed by atoms with Gasteiger partial charge in [0.2, 0.25) is 0 Å². The van der Waals surface area contributed by atoms with Crippen molar-refractivity contribution in [3.8, 4) is 0 Å². The van der Waals surface area contributed by atoms with E-state index in [0.29, 0.717) is 11.8 Å². The monoisotopic (exact) mass is 195 g/mol. The second-order valence-electron chi connectivity index (χ2n) is 3.80. The zero-order valence-corrected chi connectivity index (χ0v) is 8.48. The quantitative estimate of drug-likeness (QED) is 0.724. The van der Waals surface area contributed by atoms with Crippen LogP contribution in [0.2, 0.25) is 0 Å². The molecule has 0 spiro atoms. The second kappa shape index (κ2) is 4.11. The van der Waals surface area contributed by atoms with E-state index in [9.17, 15) is 5.11 Å². The summed E-state index contributed by atoms with van der Waals surface area (Å²) in [5.74, 6) is 0.711. The highest BCUT2D eigenvalue weighted by atomic mass is 16.3. The van der Waals surface area contributed by atoms with Gasteiger partial charge in [-0.25, -0.2) is 0 Å². The molecule has 2 rings (SSSR count). The van der Waals surface area contributed by atoms with Crippen molar-refractivity contribution >= 4 is 0 Å². The van der Waals surface area contributed by atoms with E-state index < -0.39 is 0 Å². The molecule has 1 aromatic heterocycles. The zero-order valence-electron chi connectivity index (χ0n) is 8.48. The molecule has 0 bridgehead atoms. The lowest BCUT2D eigenvalue weighted by atomic mass is 9.94. The number of rotatable bonds is 3. The fraction of sp³-hybridized carbons (Fsp3) is 0.700. The Balaban J connectivity index is 2.13. The summed E-state index contributed by atoms with van der Waals surface area (Å²) < 4.78 is 1.93. The Morgan fingerprint density at radius 3 is 3.14 bits per heavy atom. The highest BCUT2D eigenvalue weighted by Gasteiger charge is 2.29. The minimum Gasteiger partial charge on any atom is -0.396 e. The van der Waals surface area contributed by atoms with Gasteiger partial charge in [-0.3, -0.25) is 4.68 Å². The molecule has 1 aliphatic heterocycles. The first kappa shape index (κ1) is 9.68. The van der Waals surface area contributed by atoms with Crippen LogP contribution in [-0.4, -0.2) is 34.6 Å². The third kappa shape index (κ3) is 1.67. The molecule has 0 amide bonds. The molecule has 78 valence electrons. The van der Waals surface area contributed by atoms with Gasteiger partial charge in [0, 0.05) is 44.3 Å². The van der Waals surface area contributed by atoms with Crippen molar-refractivity contribution in [2.75, 3.05) is 19.7 Å². The smallest absolute Gasteiger partial charge is 0.0672 e. The van der Waals surface area contributed by atoms with Crippen molar-refractivity contribution in [1.29, 1.82) is 0 Å². The number of nitrogens with zero attached hydrogens (tertiary/aromatic N) is 2. The largest absolute Gasteiger partial charge is 0.396 e. The van der Waals surface area contributed by atoms with Crippen LogP contribution < -0.4 is 5.32 Å². The first-order chi connectivity index (χ1) is 6.85. The number of aliphatic hydroxyl groups is 1. The topological polar surface area (TPSA) is 50.1 Å². The van der Waals surface area contributed by atoms with Crippen molar-refractivity contribution in [3.63, 3.8) is 0 Å². The van der Waals surface area contributed by atoms with Crippen LogP contribution in [-0.2, 0) is 6.54 Å². The molecule has 2 N–H and O–H groups in total. The van der Waals surface area contributed by atoms with Gasteiger partial charge in [0.25, 0.3) is 0 Å². The van der Waals surface area contributed by atoms with E-state index in [1.807, 2.05) is 10.9 Å². The van der Waals surface area contributed by atoms with Gasteiger partial charge in [-0.2, -0.15) is 5.10 Å². The molecule has 2 atom stereocenters. The van der Waals surface area contributed by atoms with Gasteiger partial charge in [-0.1, -0.05) is 0 Å². The maximum atomic E-state index is 9.19. The standard InChI is InChI=1S/C10H17N3O/c1-2-13-4-3-10(12-13)9-6-11-5-8(9)7-14/h3-4,8-9,11,14H,2,5-7H2,1H3. The molecule has 0 radical (unpaired) electrons. The molecule has 4 nitrogen and oxygen atoms in total. The van der Waals surface area contributed by atoms with Crippen molar-refractivity contribution < 1.29 is 5.11 Å². The molecule has 1 saturated heterocycles. The van der Waals surface area contributed by atoms with E-state index >= 15 is 0 Å². The molecule has 0 aliphatic carbocycles. The van der Waals surface area contributed by atoms with Crippen molar-refractivity contribution in [3.05, 3.63) is 18.0 Å². The Kier molecular flexibility index (Phi) is 2.84. The summed E-state index contributed by atoms with van der Waals surface area (Å²) in [6.45, 7) is 5.07. The van der Waals surface area contributed by atoms with Gasteiger partial charge in [0.1, 0.15) is 0 Å². The average molecular weight is 195 g/mol. The zero-order chi connectivity index (χ0) is 9.97. The molecule has 1 fully saturated rings. The number of aromatic nitrogens is 2. The summed E-state index contributed by atoms with van der Waals surface area (Å²) in [4.78, 5) is 0. The number of aryl methyl sites for hydroxylation is 1. The van der Waals surface area contributed by atoms with Crippen LogP contribution in [0.4, 0.5) is 0 Å². The molecular weight excluding hydrogens is 178 g/mol. The minimum absolute atomic E-state index is 0.247. The summed E-state index contributed by atoms with van der Waals surface area (Å²) >= 11 is 0. The molecule has 14 heavy (non-hydrogen) atoms. The van der Waals surface area contributed by atoms with Crippen LogP contribution in [0.1, 0.15) is 18.5 Å². The molecule has 2 heterocycles. The van der Waals surface area contributed by atoms with Gasteiger partial charge in [0.15, 0.2) is 0 Å². The van der Waals surface area contributed by atoms with Crippen molar-refractivity contribution in [2.24, 2.45) is 5.92 Å². The highest BCUT2D eigenvalue weighted by Crippen LogP contribution is 2.26. The van der Waals surface area contributed by atoms with E-state index in [1.54, 1.807) is 0 Å². The Bertz CT molecular complexity index is 297. The fourth-order valence-electron chi connectivity index (χ4n) is 2.02. The maximum absolute atomic E-state index is 9.19. The van der Waals surface area contributed by atoms with E-state index in [2.05, 4.69) is 23.4 Å². The third-order valence-electron chi connectivity index (χ3n) is 2.94. The second-order valence-corrected chi connectivity index (χ2v) is 3.80. The Morgan fingerprint density at radius 2 is 2.50 bits per heavy atom. The predicted molar refractivity (Wildman–Crippen MR) is 54.1 cm³/mol. The first-order valence-corrected chi connectivity index (χ1v) is 5.20. The number of hydrogen-bond donors (Lipinski definition) is 2. The summed E-state index contributed by atoms with van der Waals surface area (Å²) in [5, 5.41) is 17.0. The van der Waals surface area contributed by atoms with Crippen molar-refractivity contribution in [2.45, 2.75) is 19.4 Å². The number of aliphatic hydroxyl groups excluding tert-OH is 1. The van der Waals surface area contributed by atoms with Gasteiger partial charge >= 0.3 is 0 Å². The summed E-state index contributed by atoms with van der Waals surface area (Å²) in [5.41, 5.74) is 1.11. The van der Waals surface area contributed by atoms with Crippen LogP contribution in [0.3, 0.4) is 0 Å². The van der Waals surface area contributed by atoms with Crippen LogP contribution in [0.15, 0.2) is 12.3 Å². The Hall–Kier alpha value is -0.870. The normalized spacial score (nSPS) is 27.0. The lowest BCUT2D eigenvalue weighted by molar-refractivity contribution is 0.225. The van der Waals surface area contributed by atoms with Crippen LogP contribution in [0.25, 0.3) is 0 Å². The van der Waals surface area contributed by atoms with Crippen LogP contribution in [0.5, 0.6) is 0 Å². The fourth-order valence-corrected chi connectivity index (χ4v) is 2.02. The van der Waals surface area contributed by atoms with Gasteiger partial charge in [-0.15, -0.1) is 0 Å². The van der Waals surface area contributed by atoms with Crippen molar-refractivity contribution in [1.82, 2.24) is 15.1 Å². The van der Waals surface area contributed by atoms with E-state index in [1.165, 1.54) is 0 Å². The summed E-state index contributed by atoms with van der Waals surface area (Å²) in [7, 11) is 0. The maximum Gasteiger partial charge on any atom is 0.0672 e. The summed E-state index contributed by atoms with van der Waals surface area (Å²) in [6, 6.07) is 2.06. The van der Waals surface area contributed by atoms with E-state index in [0.717, 1.165) is 25.3 Å². The molecule has 1 aliphatic rings. The lowest BCUT2D eigenvalue weighted by Gasteiger charge is -2.13. The molecular formula is C10H17N3O. The molecule has 1 aromatic rings. The van der Waals surface area contributed by atoms with E-state index in [-0.39, 0.29) is 6.61 Å².